The summed E-state index contributed by atoms with van der Waals surface area (Å²) in [5, 5.41) is 0. The van der Waals surface area contributed by atoms with E-state index in [4.69, 9.17) is 10.5 Å². The molecule has 0 aromatic rings. The fourth-order valence-corrected chi connectivity index (χ4v) is 2.00. The average molecular weight is 185 g/mol. The summed E-state index contributed by atoms with van der Waals surface area (Å²) in [4.78, 5) is 0. The lowest BCUT2D eigenvalue weighted by Crippen LogP contribution is -2.44. The van der Waals surface area contributed by atoms with Gasteiger partial charge in [0.05, 0.1) is 6.61 Å². The van der Waals surface area contributed by atoms with Gasteiger partial charge in [0.1, 0.15) is 0 Å². The molecule has 1 fully saturated rings. The second kappa shape index (κ2) is 5.61. The predicted molar refractivity (Wildman–Crippen MR) is 55.7 cm³/mol. The molecule has 0 saturated heterocycles. The van der Waals surface area contributed by atoms with Crippen molar-refractivity contribution in [1.29, 1.82) is 0 Å². The molecule has 0 aromatic heterocycles. The van der Waals surface area contributed by atoms with Crippen LogP contribution >= 0.6 is 0 Å². The van der Waals surface area contributed by atoms with Gasteiger partial charge in [-0.2, -0.15) is 0 Å². The fraction of sp³-hybridized carbons (Fsp3) is 1.00. The maximum atomic E-state index is 6.27. The fourth-order valence-electron chi connectivity index (χ4n) is 2.00. The van der Waals surface area contributed by atoms with Crippen molar-refractivity contribution in [3.8, 4) is 0 Å². The molecule has 78 valence electrons. The maximum absolute atomic E-state index is 6.27. The molecule has 0 unspecified atom stereocenters. The van der Waals surface area contributed by atoms with E-state index in [1.807, 2.05) is 0 Å². The third-order valence-electron chi connectivity index (χ3n) is 2.84. The van der Waals surface area contributed by atoms with Crippen molar-refractivity contribution in [1.82, 2.24) is 0 Å². The standard InChI is InChI=1S/C11H23NO/c1-2-9-13-10-11(12)7-5-3-4-6-8-11/h2-10,12H2,1H3. The molecule has 0 spiro atoms. The predicted octanol–water partition coefficient (Wildman–Crippen LogP) is 2.46. The van der Waals surface area contributed by atoms with Crippen LogP contribution in [0.1, 0.15) is 51.9 Å². The Morgan fingerprint density at radius 3 is 2.31 bits per heavy atom. The molecule has 0 aromatic carbocycles. The highest BCUT2D eigenvalue weighted by Crippen LogP contribution is 2.25. The van der Waals surface area contributed by atoms with Crippen molar-refractivity contribution >= 4 is 0 Å². The minimum atomic E-state index is -0.00826. The molecule has 1 saturated carbocycles. The zero-order valence-electron chi connectivity index (χ0n) is 8.85. The third-order valence-corrected chi connectivity index (χ3v) is 2.84. The van der Waals surface area contributed by atoms with E-state index in [0.29, 0.717) is 0 Å². The summed E-state index contributed by atoms with van der Waals surface area (Å²) < 4.78 is 5.56. The Labute approximate surface area is 81.8 Å². The van der Waals surface area contributed by atoms with Gasteiger partial charge in [0.15, 0.2) is 0 Å². The van der Waals surface area contributed by atoms with E-state index in [-0.39, 0.29) is 5.54 Å². The quantitative estimate of drug-likeness (QED) is 0.539. The lowest BCUT2D eigenvalue weighted by Gasteiger charge is -2.27. The van der Waals surface area contributed by atoms with Gasteiger partial charge in [-0.25, -0.2) is 0 Å². The highest BCUT2D eigenvalue weighted by Gasteiger charge is 2.25. The minimum Gasteiger partial charge on any atom is -0.380 e. The van der Waals surface area contributed by atoms with Crippen molar-refractivity contribution in [2.75, 3.05) is 13.2 Å². The second-order valence-corrected chi connectivity index (χ2v) is 4.33. The molecule has 2 nitrogen and oxygen atoms in total. The smallest absolute Gasteiger partial charge is 0.0646 e. The Kier molecular flexibility index (Phi) is 4.74. The summed E-state index contributed by atoms with van der Waals surface area (Å²) in [6.07, 6.45) is 8.67. The van der Waals surface area contributed by atoms with E-state index in [9.17, 15) is 0 Å². The van der Waals surface area contributed by atoms with Gasteiger partial charge >= 0.3 is 0 Å². The number of hydrogen-bond donors (Lipinski definition) is 1. The maximum Gasteiger partial charge on any atom is 0.0646 e. The van der Waals surface area contributed by atoms with Gasteiger partial charge in [0.2, 0.25) is 0 Å². The molecule has 1 rings (SSSR count). The molecule has 0 atom stereocenters. The molecular weight excluding hydrogens is 162 g/mol. The van der Waals surface area contributed by atoms with E-state index >= 15 is 0 Å². The van der Waals surface area contributed by atoms with Crippen LogP contribution in [0.25, 0.3) is 0 Å². The first kappa shape index (κ1) is 11.0. The Bertz CT molecular complexity index is 128. The van der Waals surface area contributed by atoms with Crippen LogP contribution < -0.4 is 5.73 Å². The number of hydrogen-bond acceptors (Lipinski definition) is 2. The number of rotatable bonds is 4. The molecule has 0 heterocycles. The highest BCUT2D eigenvalue weighted by atomic mass is 16.5. The van der Waals surface area contributed by atoms with Gasteiger partial charge in [-0.1, -0.05) is 32.6 Å². The van der Waals surface area contributed by atoms with E-state index in [0.717, 1.165) is 32.5 Å². The van der Waals surface area contributed by atoms with E-state index < -0.39 is 0 Å². The lowest BCUT2D eigenvalue weighted by molar-refractivity contribution is 0.0784. The first-order chi connectivity index (χ1) is 6.27. The average Bonchev–Trinajstić information content (AvgIpc) is 2.31. The summed E-state index contributed by atoms with van der Waals surface area (Å²) in [5.74, 6) is 0. The highest BCUT2D eigenvalue weighted by molar-refractivity contribution is 4.85. The monoisotopic (exact) mass is 185 g/mol. The van der Waals surface area contributed by atoms with Crippen LogP contribution in [-0.2, 0) is 4.74 Å². The van der Waals surface area contributed by atoms with Gasteiger partial charge in [-0.3, -0.25) is 0 Å². The van der Waals surface area contributed by atoms with Crippen molar-refractivity contribution < 1.29 is 4.74 Å². The Hall–Kier alpha value is -0.0800. The van der Waals surface area contributed by atoms with Crippen molar-refractivity contribution in [3.05, 3.63) is 0 Å². The molecule has 13 heavy (non-hydrogen) atoms. The van der Waals surface area contributed by atoms with Crippen LogP contribution in [0.15, 0.2) is 0 Å². The molecule has 2 N–H and O–H groups in total. The summed E-state index contributed by atoms with van der Waals surface area (Å²) in [5.41, 5.74) is 6.27. The molecular formula is C11H23NO. The van der Waals surface area contributed by atoms with Gasteiger partial charge in [-0.15, -0.1) is 0 Å². The van der Waals surface area contributed by atoms with Crippen LogP contribution in [0.5, 0.6) is 0 Å². The van der Waals surface area contributed by atoms with Crippen LogP contribution in [0.4, 0.5) is 0 Å². The number of ether oxygens (including phenoxy) is 1. The molecule has 2 heteroatoms. The zero-order valence-corrected chi connectivity index (χ0v) is 8.85. The minimum absolute atomic E-state index is 0.00826. The largest absolute Gasteiger partial charge is 0.380 e. The zero-order chi connectivity index (χ0) is 9.57. The van der Waals surface area contributed by atoms with Crippen molar-refractivity contribution in [2.24, 2.45) is 5.73 Å². The van der Waals surface area contributed by atoms with Crippen molar-refractivity contribution in [3.63, 3.8) is 0 Å². The first-order valence-corrected chi connectivity index (χ1v) is 5.63. The van der Waals surface area contributed by atoms with E-state index in [2.05, 4.69) is 6.92 Å². The normalized spacial score (nSPS) is 22.6. The third kappa shape index (κ3) is 4.10. The van der Waals surface area contributed by atoms with E-state index in [1.54, 1.807) is 0 Å². The molecule has 0 aliphatic heterocycles. The molecule has 0 bridgehead atoms. The van der Waals surface area contributed by atoms with Gasteiger partial charge < -0.3 is 10.5 Å². The van der Waals surface area contributed by atoms with Crippen molar-refractivity contribution in [2.45, 2.75) is 57.4 Å². The summed E-state index contributed by atoms with van der Waals surface area (Å²) >= 11 is 0. The first-order valence-electron chi connectivity index (χ1n) is 5.63. The van der Waals surface area contributed by atoms with Crippen LogP contribution in [0.3, 0.4) is 0 Å². The topological polar surface area (TPSA) is 35.2 Å². The lowest BCUT2D eigenvalue weighted by atomic mass is 9.93. The molecule has 0 radical (unpaired) electrons. The van der Waals surface area contributed by atoms with Crippen LogP contribution in [0, 0.1) is 0 Å². The Balaban J connectivity index is 2.25. The number of nitrogens with two attached hydrogens (primary N) is 1. The van der Waals surface area contributed by atoms with Gasteiger partial charge in [0.25, 0.3) is 0 Å². The summed E-state index contributed by atoms with van der Waals surface area (Å²) in [6, 6.07) is 0. The van der Waals surface area contributed by atoms with Crippen LogP contribution in [-0.4, -0.2) is 18.8 Å². The molecule has 0 amide bonds. The van der Waals surface area contributed by atoms with Gasteiger partial charge in [-0.05, 0) is 19.3 Å². The summed E-state index contributed by atoms with van der Waals surface area (Å²) in [6.45, 7) is 3.76. The SMILES string of the molecule is CCCOCC1(N)CCCCCC1. The summed E-state index contributed by atoms with van der Waals surface area (Å²) in [7, 11) is 0. The second-order valence-electron chi connectivity index (χ2n) is 4.33. The molecule has 1 aliphatic rings. The Morgan fingerprint density at radius 1 is 1.15 bits per heavy atom. The van der Waals surface area contributed by atoms with Crippen LogP contribution in [0.2, 0.25) is 0 Å². The Morgan fingerprint density at radius 2 is 1.77 bits per heavy atom. The molecule has 1 aliphatic carbocycles. The van der Waals surface area contributed by atoms with Gasteiger partial charge in [0, 0.05) is 12.1 Å². The van der Waals surface area contributed by atoms with E-state index in [1.165, 1.54) is 25.7 Å².